The van der Waals surface area contributed by atoms with Gasteiger partial charge in [0.15, 0.2) is 0 Å². The van der Waals surface area contributed by atoms with Crippen molar-refractivity contribution in [1.29, 1.82) is 0 Å². The molecular formula is C14H21ClN4. The molecule has 4 nitrogen and oxygen atoms in total. The van der Waals surface area contributed by atoms with Gasteiger partial charge in [-0.3, -0.25) is 0 Å². The van der Waals surface area contributed by atoms with Gasteiger partial charge in [0.25, 0.3) is 0 Å². The lowest BCUT2D eigenvalue weighted by Crippen LogP contribution is -2.50. The number of likely N-dealkylation sites (N-methyl/N-ethyl adjacent to an activating group) is 1. The molecule has 1 unspecified atom stereocenters. The molecule has 2 heterocycles. The molecule has 0 aromatic carbocycles. The smallest absolute Gasteiger partial charge is 0.137 e. The van der Waals surface area contributed by atoms with Crippen molar-refractivity contribution in [2.45, 2.75) is 38.6 Å². The number of hydrogen-bond acceptors (Lipinski definition) is 4. The van der Waals surface area contributed by atoms with E-state index in [9.17, 15) is 0 Å². The molecule has 0 amide bonds. The van der Waals surface area contributed by atoms with E-state index in [1.54, 1.807) is 0 Å². The normalized spacial score (nSPS) is 24.8. The van der Waals surface area contributed by atoms with E-state index in [4.69, 9.17) is 16.6 Å². The lowest BCUT2D eigenvalue weighted by molar-refractivity contribution is 0.233. The quantitative estimate of drug-likeness (QED) is 0.779. The molecule has 1 aromatic heterocycles. The van der Waals surface area contributed by atoms with Gasteiger partial charge in [-0.05, 0) is 33.7 Å². The first-order valence-corrected chi connectivity index (χ1v) is 7.43. The van der Waals surface area contributed by atoms with Crippen molar-refractivity contribution in [2.24, 2.45) is 0 Å². The zero-order valence-corrected chi connectivity index (χ0v) is 12.6. The van der Waals surface area contributed by atoms with Gasteiger partial charge < -0.3 is 9.80 Å². The third-order valence-electron chi connectivity index (χ3n) is 4.28. The van der Waals surface area contributed by atoms with Gasteiger partial charge in [0.05, 0.1) is 0 Å². The molecule has 1 saturated carbocycles. The fourth-order valence-electron chi connectivity index (χ4n) is 2.57. The molecule has 2 aliphatic rings. The second-order valence-electron chi connectivity index (χ2n) is 5.87. The Hall–Kier alpha value is -0.870. The van der Waals surface area contributed by atoms with Crippen LogP contribution >= 0.6 is 11.6 Å². The maximum atomic E-state index is 6.29. The highest BCUT2D eigenvalue weighted by Gasteiger charge is 2.30. The van der Waals surface area contributed by atoms with E-state index in [0.717, 1.165) is 36.8 Å². The largest absolute Gasteiger partial charge is 0.353 e. The number of hydrogen-bond donors (Lipinski definition) is 0. The summed E-state index contributed by atoms with van der Waals surface area (Å²) in [5, 5.41) is 0.624. The summed E-state index contributed by atoms with van der Waals surface area (Å²) in [6.45, 7) is 7.37. The summed E-state index contributed by atoms with van der Waals surface area (Å²) in [5.74, 6) is 2.53. The molecule has 5 heteroatoms. The van der Waals surface area contributed by atoms with Gasteiger partial charge in [0.2, 0.25) is 0 Å². The van der Waals surface area contributed by atoms with Gasteiger partial charge in [-0.2, -0.15) is 0 Å². The molecule has 1 aromatic rings. The van der Waals surface area contributed by atoms with Gasteiger partial charge in [0, 0.05) is 37.2 Å². The highest BCUT2D eigenvalue weighted by Crippen LogP contribution is 2.40. The fourth-order valence-corrected chi connectivity index (χ4v) is 2.74. The first kappa shape index (κ1) is 13.1. The Labute approximate surface area is 119 Å². The van der Waals surface area contributed by atoms with Crippen LogP contribution in [0.15, 0.2) is 0 Å². The Morgan fingerprint density at radius 1 is 1.21 bits per heavy atom. The van der Waals surface area contributed by atoms with E-state index in [-0.39, 0.29) is 0 Å². The van der Waals surface area contributed by atoms with Crippen LogP contribution in [0.2, 0.25) is 5.15 Å². The van der Waals surface area contributed by atoms with Gasteiger partial charge in [-0.15, -0.1) is 0 Å². The Balaban J connectivity index is 1.90. The van der Waals surface area contributed by atoms with Crippen LogP contribution in [0, 0.1) is 6.92 Å². The number of nitrogens with zero attached hydrogens (tertiary/aromatic N) is 4. The topological polar surface area (TPSA) is 32.3 Å². The highest BCUT2D eigenvalue weighted by molar-refractivity contribution is 6.30. The third kappa shape index (κ3) is 2.56. The van der Waals surface area contributed by atoms with E-state index in [2.05, 4.69) is 28.8 Å². The third-order valence-corrected chi connectivity index (χ3v) is 4.65. The monoisotopic (exact) mass is 280 g/mol. The predicted molar refractivity (Wildman–Crippen MR) is 78.1 cm³/mol. The van der Waals surface area contributed by atoms with Gasteiger partial charge in [-0.1, -0.05) is 11.6 Å². The maximum absolute atomic E-state index is 6.29. The molecule has 1 atom stereocenters. The number of piperazine rings is 1. The number of anilines is 1. The zero-order chi connectivity index (χ0) is 13.6. The van der Waals surface area contributed by atoms with Crippen LogP contribution < -0.4 is 4.90 Å². The molecule has 1 aliphatic heterocycles. The summed E-state index contributed by atoms with van der Waals surface area (Å²) >= 11 is 6.29. The molecule has 104 valence electrons. The summed E-state index contributed by atoms with van der Waals surface area (Å²) in [4.78, 5) is 14.0. The van der Waals surface area contributed by atoms with Crippen LogP contribution in [-0.2, 0) is 0 Å². The minimum Gasteiger partial charge on any atom is -0.353 e. The van der Waals surface area contributed by atoms with Gasteiger partial charge in [-0.25, -0.2) is 9.97 Å². The first-order valence-electron chi connectivity index (χ1n) is 7.05. The standard InChI is InChI=1S/C14H21ClN4/c1-9-8-19(7-6-18(9)3)14-10(2)12(15)16-13(17-14)11-4-5-11/h9,11H,4-8H2,1-3H3. The Kier molecular flexibility index (Phi) is 3.39. The maximum Gasteiger partial charge on any atom is 0.137 e. The number of aromatic nitrogens is 2. The van der Waals surface area contributed by atoms with Crippen molar-refractivity contribution in [3.05, 3.63) is 16.5 Å². The minimum atomic E-state index is 0.543. The van der Waals surface area contributed by atoms with E-state index < -0.39 is 0 Å². The first-order chi connectivity index (χ1) is 9.06. The number of rotatable bonds is 2. The van der Waals surface area contributed by atoms with Crippen molar-refractivity contribution in [2.75, 3.05) is 31.6 Å². The summed E-state index contributed by atoms with van der Waals surface area (Å²) in [7, 11) is 2.18. The molecule has 19 heavy (non-hydrogen) atoms. The molecule has 1 saturated heterocycles. The number of halogens is 1. The molecule has 3 rings (SSSR count). The average Bonchev–Trinajstić information content (AvgIpc) is 3.20. The van der Waals surface area contributed by atoms with Crippen LogP contribution in [0.1, 0.15) is 37.1 Å². The van der Waals surface area contributed by atoms with E-state index >= 15 is 0 Å². The zero-order valence-electron chi connectivity index (χ0n) is 11.9. The van der Waals surface area contributed by atoms with Crippen LogP contribution in [-0.4, -0.2) is 47.6 Å². The molecule has 2 fully saturated rings. The minimum absolute atomic E-state index is 0.543. The summed E-state index contributed by atoms with van der Waals surface area (Å²) in [6, 6.07) is 0.547. The Bertz CT molecular complexity index is 487. The van der Waals surface area contributed by atoms with Crippen molar-refractivity contribution >= 4 is 17.4 Å². The molecule has 0 radical (unpaired) electrons. The fraction of sp³-hybridized carbons (Fsp3) is 0.714. The van der Waals surface area contributed by atoms with Crippen molar-refractivity contribution in [3.8, 4) is 0 Å². The van der Waals surface area contributed by atoms with Gasteiger partial charge in [0.1, 0.15) is 16.8 Å². The SMILES string of the molecule is Cc1c(Cl)nc(C2CC2)nc1N1CCN(C)C(C)C1. The Morgan fingerprint density at radius 3 is 2.58 bits per heavy atom. The lowest BCUT2D eigenvalue weighted by atomic mass is 10.2. The summed E-state index contributed by atoms with van der Waals surface area (Å²) < 4.78 is 0. The summed E-state index contributed by atoms with van der Waals surface area (Å²) in [5.41, 5.74) is 1.02. The van der Waals surface area contributed by atoms with E-state index in [1.807, 2.05) is 6.92 Å². The lowest BCUT2D eigenvalue weighted by Gasteiger charge is -2.39. The highest BCUT2D eigenvalue weighted by atomic mass is 35.5. The van der Waals surface area contributed by atoms with Crippen LogP contribution in [0.3, 0.4) is 0 Å². The van der Waals surface area contributed by atoms with Crippen LogP contribution in [0.4, 0.5) is 5.82 Å². The molecule has 0 spiro atoms. The second kappa shape index (κ2) is 4.91. The molecular weight excluding hydrogens is 260 g/mol. The van der Waals surface area contributed by atoms with Crippen LogP contribution in [0.25, 0.3) is 0 Å². The van der Waals surface area contributed by atoms with E-state index in [0.29, 0.717) is 17.1 Å². The summed E-state index contributed by atoms with van der Waals surface area (Å²) in [6.07, 6.45) is 2.41. The van der Waals surface area contributed by atoms with E-state index in [1.165, 1.54) is 12.8 Å². The van der Waals surface area contributed by atoms with Crippen molar-refractivity contribution < 1.29 is 0 Å². The van der Waals surface area contributed by atoms with Crippen LogP contribution in [0.5, 0.6) is 0 Å². The molecule has 1 aliphatic carbocycles. The predicted octanol–water partition coefficient (Wildman–Crippen LogP) is 2.46. The van der Waals surface area contributed by atoms with Gasteiger partial charge >= 0.3 is 0 Å². The second-order valence-corrected chi connectivity index (χ2v) is 6.23. The Morgan fingerprint density at radius 2 is 1.95 bits per heavy atom. The molecule has 0 bridgehead atoms. The van der Waals surface area contributed by atoms with Crippen molar-refractivity contribution in [3.63, 3.8) is 0 Å². The average molecular weight is 281 g/mol. The molecule has 0 N–H and O–H groups in total. The van der Waals surface area contributed by atoms with Crippen molar-refractivity contribution in [1.82, 2.24) is 14.9 Å².